The highest BCUT2D eigenvalue weighted by Gasteiger charge is 2.21. The highest BCUT2D eigenvalue weighted by molar-refractivity contribution is 7.92. The Morgan fingerprint density at radius 1 is 1.06 bits per heavy atom. The Labute approximate surface area is 182 Å². The molecule has 2 aromatic heterocycles. The molecule has 31 heavy (non-hydrogen) atoms. The molecule has 2 heterocycles. The number of benzene rings is 2. The second-order valence-electron chi connectivity index (χ2n) is 6.54. The van der Waals surface area contributed by atoms with Gasteiger partial charge in [-0.2, -0.15) is 0 Å². The zero-order valence-corrected chi connectivity index (χ0v) is 18.2. The van der Waals surface area contributed by atoms with Crippen molar-refractivity contribution in [2.24, 2.45) is 0 Å². The summed E-state index contributed by atoms with van der Waals surface area (Å²) in [7, 11) is -0.729. The highest BCUT2D eigenvalue weighted by Crippen LogP contribution is 2.32. The van der Waals surface area contributed by atoms with E-state index in [-0.39, 0.29) is 10.0 Å². The van der Waals surface area contributed by atoms with Gasteiger partial charge in [-0.3, -0.25) is 4.79 Å². The molecule has 160 valence electrons. The number of nitrogens with one attached hydrogen (secondary N) is 1. The number of carbonyl (C=O) groups excluding carboxylic acids is 1. The molecule has 0 fully saturated rings. The lowest BCUT2D eigenvalue weighted by Crippen LogP contribution is -2.22. The predicted molar refractivity (Wildman–Crippen MR) is 118 cm³/mol. The molecule has 10 heteroatoms. The molecule has 1 amide bonds. The van der Waals surface area contributed by atoms with Crippen molar-refractivity contribution in [2.45, 2.75) is 4.90 Å². The quantitative estimate of drug-likeness (QED) is 0.446. The molecule has 0 aliphatic heterocycles. The molecule has 0 aliphatic carbocycles. The molecule has 0 saturated heterocycles. The number of amides is 1. The van der Waals surface area contributed by atoms with Gasteiger partial charge in [0.2, 0.25) is 5.91 Å². The summed E-state index contributed by atoms with van der Waals surface area (Å²) in [4.78, 5) is 16.7. The number of furan rings is 1. The van der Waals surface area contributed by atoms with E-state index in [0.29, 0.717) is 28.5 Å². The van der Waals surface area contributed by atoms with Crippen molar-refractivity contribution in [1.82, 2.24) is 4.98 Å². The van der Waals surface area contributed by atoms with Crippen molar-refractivity contribution in [3.63, 3.8) is 0 Å². The van der Waals surface area contributed by atoms with Crippen LogP contribution in [0.4, 0.5) is 5.13 Å². The average molecular weight is 459 g/mol. The lowest BCUT2D eigenvalue weighted by Gasteiger charge is -2.05. The first kappa shape index (κ1) is 20.9. The summed E-state index contributed by atoms with van der Waals surface area (Å²) in [6.45, 7) is 0. The standard InChI is InChI=1S/C21H18N2O6S2/c1-27-14-5-7-16(8-6-14)31(25,26)12-20(24)23-21-22-17(11-30-21)19-9-13-3-4-15(28-2)10-18(13)29-19/h3-11H,12H2,1-2H3,(H,22,23,24). The summed E-state index contributed by atoms with van der Waals surface area (Å²) in [5.74, 6) is 0.371. The van der Waals surface area contributed by atoms with Gasteiger partial charge in [0.25, 0.3) is 0 Å². The first-order chi connectivity index (χ1) is 14.9. The summed E-state index contributed by atoms with van der Waals surface area (Å²) in [6, 6.07) is 13.2. The first-order valence-electron chi connectivity index (χ1n) is 9.08. The number of carbonyl (C=O) groups is 1. The number of aromatic nitrogens is 1. The Bertz CT molecular complexity index is 1340. The molecular formula is C21H18N2O6S2. The van der Waals surface area contributed by atoms with Crippen LogP contribution in [0.15, 0.2) is 63.2 Å². The van der Waals surface area contributed by atoms with Crippen LogP contribution in [0.25, 0.3) is 22.4 Å². The molecular weight excluding hydrogens is 440 g/mol. The minimum atomic E-state index is -3.80. The monoisotopic (exact) mass is 458 g/mol. The minimum Gasteiger partial charge on any atom is -0.497 e. The van der Waals surface area contributed by atoms with E-state index < -0.39 is 21.5 Å². The van der Waals surface area contributed by atoms with Crippen LogP contribution in [-0.4, -0.2) is 39.3 Å². The lowest BCUT2D eigenvalue weighted by molar-refractivity contribution is -0.113. The number of ether oxygens (including phenoxy) is 2. The largest absolute Gasteiger partial charge is 0.497 e. The lowest BCUT2D eigenvalue weighted by atomic mass is 10.2. The second-order valence-corrected chi connectivity index (χ2v) is 9.38. The maximum Gasteiger partial charge on any atom is 0.241 e. The molecule has 0 atom stereocenters. The molecule has 4 rings (SSSR count). The molecule has 8 nitrogen and oxygen atoms in total. The van der Waals surface area contributed by atoms with E-state index in [4.69, 9.17) is 13.9 Å². The van der Waals surface area contributed by atoms with Crippen LogP contribution in [0.2, 0.25) is 0 Å². The summed E-state index contributed by atoms with van der Waals surface area (Å²) in [5, 5.41) is 5.43. The van der Waals surface area contributed by atoms with Gasteiger partial charge >= 0.3 is 0 Å². The van der Waals surface area contributed by atoms with Crippen LogP contribution in [0.5, 0.6) is 11.5 Å². The van der Waals surface area contributed by atoms with Crippen LogP contribution in [0, 0.1) is 0 Å². The van der Waals surface area contributed by atoms with E-state index in [2.05, 4.69) is 10.3 Å². The van der Waals surface area contributed by atoms with Crippen molar-refractivity contribution in [3.8, 4) is 23.0 Å². The fourth-order valence-electron chi connectivity index (χ4n) is 2.90. The van der Waals surface area contributed by atoms with Gasteiger partial charge in [0.15, 0.2) is 20.7 Å². The number of anilines is 1. The Morgan fingerprint density at radius 3 is 2.48 bits per heavy atom. The van der Waals surface area contributed by atoms with Crippen molar-refractivity contribution in [2.75, 3.05) is 25.3 Å². The van der Waals surface area contributed by atoms with E-state index in [1.165, 1.54) is 42.7 Å². The van der Waals surface area contributed by atoms with Gasteiger partial charge in [-0.15, -0.1) is 11.3 Å². The van der Waals surface area contributed by atoms with Crippen molar-refractivity contribution in [1.29, 1.82) is 0 Å². The number of nitrogens with zero attached hydrogens (tertiary/aromatic N) is 1. The number of methoxy groups -OCH3 is 2. The number of fused-ring (bicyclic) bond motifs is 1. The van der Waals surface area contributed by atoms with Gasteiger partial charge in [-0.25, -0.2) is 13.4 Å². The molecule has 0 unspecified atom stereocenters. The molecule has 4 aromatic rings. The third-order valence-electron chi connectivity index (χ3n) is 4.47. The van der Waals surface area contributed by atoms with Crippen LogP contribution in [-0.2, 0) is 14.6 Å². The van der Waals surface area contributed by atoms with Gasteiger partial charge in [0.1, 0.15) is 28.5 Å². The van der Waals surface area contributed by atoms with Gasteiger partial charge in [0, 0.05) is 16.8 Å². The molecule has 1 N–H and O–H groups in total. The Balaban J connectivity index is 1.46. The SMILES string of the molecule is COc1ccc(S(=O)(=O)CC(=O)Nc2nc(-c3cc4ccc(OC)cc4o3)cs2)cc1. The third kappa shape index (κ3) is 4.54. The number of thiazole rings is 1. The van der Waals surface area contributed by atoms with Gasteiger partial charge < -0.3 is 19.2 Å². The van der Waals surface area contributed by atoms with Crippen LogP contribution in [0.3, 0.4) is 0 Å². The van der Waals surface area contributed by atoms with E-state index in [1.807, 2.05) is 18.2 Å². The molecule has 0 bridgehead atoms. The zero-order chi connectivity index (χ0) is 22.0. The Hall–Kier alpha value is -3.37. The second kappa shape index (κ2) is 8.40. The topological polar surface area (TPSA) is 108 Å². The maximum absolute atomic E-state index is 12.5. The van der Waals surface area contributed by atoms with Gasteiger partial charge in [-0.05, 0) is 42.5 Å². The number of sulfone groups is 1. The number of rotatable bonds is 7. The number of hydrogen-bond acceptors (Lipinski definition) is 8. The maximum atomic E-state index is 12.5. The van der Waals surface area contributed by atoms with Gasteiger partial charge in [-0.1, -0.05) is 0 Å². The van der Waals surface area contributed by atoms with Crippen molar-refractivity contribution < 1.29 is 27.1 Å². The van der Waals surface area contributed by atoms with Crippen LogP contribution < -0.4 is 14.8 Å². The predicted octanol–water partition coefficient (Wildman–Crippen LogP) is 3.99. The fraction of sp³-hybridized carbons (Fsp3) is 0.143. The fourth-order valence-corrected chi connectivity index (χ4v) is 4.75. The zero-order valence-electron chi connectivity index (χ0n) is 16.6. The van der Waals surface area contributed by atoms with E-state index in [9.17, 15) is 13.2 Å². The summed E-state index contributed by atoms with van der Waals surface area (Å²) in [5.41, 5.74) is 1.19. The molecule has 0 spiro atoms. The average Bonchev–Trinajstić information content (AvgIpc) is 3.39. The van der Waals surface area contributed by atoms with Crippen molar-refractivity contribution >= 4 is 43.2 Å². The summed E-state index contributed by atoms with van der Waals surface area (Å²) >= 11 is 1.18. The Morgan fingerprint density at radius 2 is 1.77 bits per heavy atom. The highest BCUT2D eigenvalue weighted by atomic mass is 32.2. The van der Waals surface area contributed by atoms with E-state index >= 15 is 0 Å². The third-order valence-corrected chi connectivity index (χ3v) is 6.86. The Kier molecular flexibility index (Phi) is 5.66. The number of hydrogen-bond donors (Lipinski definition) is 1. The minimum absolute atomic E-state index is 0.0426. The normalized spacial score (nSPS) is 11.4. The van der Waals surface area contributed by atoms with E-state index in [1.54, 1.807) is 18.6 Å². The van der Waals surface area contributed by atoms with Crippen LogP contribution >= 0.6 is 11.3 Å². The van der Waals surface area contributed by atoms with E-state index in [0.717, 1.165) is 5.39 Å². The summed E-state index contributed by atoms with van der Waals surface area (Å²) in [6.07, 6.45) is 0. The van der Waals surface area contributed by atoms with Crippen molar-refractivity contribution in [3.05, 3.63) is 53.9 Å². The molecule has 0 radical (unpaired) electrons. The molecule has 0 aliphatic rings. The first-order valence-corrected chi connectivity index (χ1v) is 11.6. The molecule has 0 saturated carbocycles. The van der Waals surface area contributed by atoms with Crippen LogP contribution in [0.1, 0.15) is 0 Å². The molecule has 2 aromatic carbocycles. The smallest absolute Gasteiger partial charge is 0.241 e. The van der Waals surface area contributed by atoms with Gasteiger partial charge in [0.05, 0.1) is 19.1 Å². The summed E-state index contributed by atoms with van der Waals surface area (Å²) < 4.78 is 41.0.